The summed E-state index contributed by atoms with van der Waals surface area (Å²) in [5, 5.41) is 6.92. The fraction of sp³-hybridized carbons (Fsp3) is 0.500. The van der Waals surface area contributed by atoms with E-state index in [0.717, 1.165) is 53.1 Å². The average Bonchev–Trinajstić information content (AvgIpc) is 3.05. The Labute approximate surface area is 151 Å². The first kappa shape index (κ1) is 16.6. The molecule has 3 fully saturated rings. The fourth-order valence-corrected chi connectivity index (χ4v) is 4.83. The summed E-state index contributed by atoms with van der Waals surface area (Å²) in [5.74, 6) is 1.60. The fourth-order valence-electron chi connectivity index (χ4n) is 3.93. The maximum atomic E-state index is 12.7. The molecule has 5 heterocycles. The van der Waals surface area contributed by atoms with Crippen LogP contribution in [0.25, 0.3) is 4.91 Å². The Balaban J connectivity index is 1.60. The molecule has 132 valence electrons. The topological polar surface area (TPSA) is 77.7 Å². The lowest BCUT2D eigenvalue weighted by molar-refractivity contribution is 0.0441. The molecule has 0 radical (unpaired) electrons. The third-order valence-electron chi connectivity index (χ3n) is 5.38. The molecule has 1 atom stereocenters. The maximum Gasteiger partial charge on any atom is 0.265 e. The zero-order valence-electron chi connectivity index (χ0n) is 14.6. The van der Waals surface area contributed by atoms with Crippen molar-refractivity contribution in [1.82, 2.24) is 25.1 Å². The molecular formula is C18H23N5OS. The van der Waals surface area contributed by atoms with Crippen molar-refractivity contribution in [3.05, 3.63) is 45.9 Å². The molecule has 0 amide bonds. The van der Waals surface area contributed by atoms with Crippen LogP contribution in [0.4, 0.5) is 0 Å². The molecule has 2 N–H and O–H groups in total. The van der Waals surface area contributed by atoms with Gasteiger partial charge in [0.15, 0.2) is 0 Å². The molecule has 5 rings (SSSR count). The molecular weight excluding hydrogens is 334 g/mol. The van der Waals surface area contributed by atoms with Crippen LogP contribution in [0.3, 0.4) is 0 Å². The quantitative estimate of drug-likeness (QED) is 0.823. The Morgan fingerprint density at radius 3 is 2.68 bits per heavy atom. The smallest absolute Gasteiger partial charge is 0.265 e. The second-order valence-electron chi connectivity index (χ2n) is 7.03. The van der Waals surface area contributed by atoms with Crippen molar-refractivity contribution in [2.45, 2.75) is 44.0 Å². The summed E-state index contributed by atoms with van der Waals surface area (Å²) in [4.78, 5) is 24.4. The number of H-pyrrole nitrogens is 2. The van der Waals surface area contributed by atoms with Gasteiger partial charge in [-0.1, -0.05) is 18.3 Å². The normalized spacial score (nSPS) is 25.3. The van der Waals surface area contributed by atoms with Gasteiger partial charge in [-0.05, 0) is 52.1 Å². The van der Waals surface area contributed by atoms with Crippen LogP contribution in [-0.4, -0.2) is 38.2 Å². The van der Waals surface area contributed by atoms with Gasteiger partial charge in [-0.2, -0.15) is 5.10 Å². The number of aromatic nitrogens is 4. The van der Waals surface area contributed by atoms with Crippen molar-refractivity contribution in [2.24, 2.45) is 5.92 Å². The van der Waals surface area contributed by atoms with Gasteiger partial charge in [0.05, 0.1) is 22.8 Å². The highest BCUT2D eigenvalue weighted by Crippen LogP contribution is 2.39. The van der Waals surface area contributed by atoms with Gasteiger partial charge in [-0.25, -0.2) is 4.98 Å². The summed E-state index contributed by atoms with van der Waals surface area (Å²) >= 11 is 1.37. The number of aromatic amines is 2. The van der Waals surface area contributed by atoms with Gasteiger partial charge < -0.3 is 4.98 Å². The zero-order chi connectivity index (χ0) is 17.6. The Bertz CT molecular complexity index is 863. The Kier molecular flexibility index (Phi) is 4.29. The van der Waals surface area contributed by atoms with E-state index in [-0.39, 0.29) is 11.6 Å². The van der Waals surface area contributed by atoms with Crippen LogP contribution < -0.4 is 5.56 Å². The number of fused-ring (bicyclic) bond motifs is 3. The van der Waals surface area contributed by atoms with Crippen molar-refractivity contribution in [1.29, 1.82) is 0 Å². The Morgan fingerprint density at radius 1 is 1.36 bits per heavy atom. The summed E-state index contributed by atoms with van der Waals surface area (Å²) in [6.07, 6.45) is 5.40. The average molecular weight is 357 g/mol. The van der Waals surface area contributed by atoms with E-state index in [2.05, 4.69) is 26.7 Å². The molecule has 7 heteroatoms. The Morgan fingerprint density at radius 2 is 2.12 bits per heavy atom. The largest absolute Gasteiger partial charge is 0.308 e. The lowest BCUT2D eigenvalue weighted by Gasteiger charge is -2.44. The SMILES string of the molecule is C=C(Sc1c(C)nc(C2CC3CCN2CC3)[nH]c1=O)c1cn[nH]c1C. The molecule has 25 heavy (non-hydrogen) atoms. The second-order valence-corrected chi connectivity index (χ2v) is 8.14. The molecule has 0 saturated carbocycles. The molecule has 3 aliphatic rings. The van der Waals surface area contributed by atoms with Crippen molar-refractivity contribution >= 4 is 16.7 Å². The summed E-state index contributed by atoms with van der Waals surface area (Å²) in [6, 6.07) is 0.261. The van der Waals surface area contributed by atoms with E-state index in [9.17, 15) is 4.79 Å². The minimum Gasteiger partial charge on any atom is -0.308 e. The van der Waals surface area contributed by atoms with E-state index in [4.69, 9.17) is 4.98 Å². The van der Waals surface area contributed by atoms with Gasteiger partial charge in [0.2, 0.25) is 0 Å². The minimum absolute atomic E-state index is 0.0718. The predicted octanol–water partition coefficient (Wildman–Crippen LogP) is 3.03. The molecule has 2 aromatic heterocycles. The van der Waals surface area contributed by atoms with Crippen LogP contribution in [0.15, 0.2) is 22.5 Å². The van der Waals surface area contributed by atoms with E-state index >= 15 is 0 Å². The highest BCUT2D eigenvalue weighted by atomic mass is 32.2. The van der Waals surface area contributed by atoms with E-state index in [1.54, 1.807) is 6.20 Å². The standard InChI is InChI=1S/C18H23N5OS/c1-10-14(9-19-22-10)12(3)25-16-11(2)20-17(21-18(16)24)15-8-13-4-6-23(15)7-5-13/h9,13,15H,3-8H2,1-2H3,(H,19,22)(H,20,21,24). The lowest BCUT2D eigenvalue weighted by Crippen LogP contribution is -2.44. The zero-order valence-corrected chi connectivity index (χ0v) is 15.4. The van der Waals surface area contributed by atoms with E-state index in [1.165, 1.54) is 24.6 Å². The van der Waals surface area contributed by atoms with E-state index in [0.29, 0.717) is 4.90 Å². The molecule has 2 aromatic rings. The summed E-state index contributed by atoms with van der Waals surface area (Å²) in [7, 11) is 0. The molecule has 6 nitrogen and oxygen atoms in total. The first-order valence-corrected chi connectivity index (χ1v) is 9.56. The van der Waals surface area contributed by atoms with E-state index < -0.39 is 0 Å². The Hall–Kier alpha value is -1.86. The maximum absolute atomic E-state index is 12.7. The summed E-state index contributed by atoms with van der Waals surface area (Å²) in [6.45, 7) is 10.2. The summed E-state index contributed by atoms with van der Waals surface area (Å²) in [5.41, 5.74) is 2.58. The number of rotatable bonds is 4. The van der Waals surface area contributed by atoms with Crippen LogP contribution in [-0.2, 0) is 0 Å². The van der Waals surface area contributed by atoms with Crippen LogP contribution in [0.1, 0.15) is 48.1 Å². The van der Waals surface area contributed by atoms with Gasteiger partial charge in [-0.15, -0.1) is 0 Å². The van der Waals surface area contributed by atoms with Gasteiger partial charge in [-0.3, -0.25) is 14.8 Å². The monoisotopic (exact) mass is 357 g/mol. The second kappa shape index (κ2) is 6.46. The number of hydrogen-bond acceptors (Lipinski definition) is 5. The van der Waals surface area contributed by atoms with Crippen molar-refractivity contribution in [3.63, 3.8) is 0 Å². The summed E-state index contributed by atoms with van der Waals surface area (Å²) < 4.78 is 0. The van der Waals surface area contributed by atoms with Crippen molar-refractivity contribution < 1.29 is 0 Å². The van der Waals surface area contributed by atoms with Crippen molar-refractivity contribution in [2.75, 3.05) is 13.1 Å². The highest BCUT2D eigenvalue weighted by molar-refractivity contribution is 8.08. The van der Waals surface area contributed by atoms with Gasteiger partial charge in [0.25, 0.3) is 5.56 Å². The molecule has 0 aliphatic carbocycles. The molecule has 3 aliphatic heterocycles. The van der Waals surface area contributed by atoms with Crippen molar-refractivity contribution in [3.8, 4) is 0 Å². The van der Waals surface area contributed by atoms with Crippen LogP contribution in [0, 0.1) is 19.8 Å². The molecule has 1 unspecified atom stereocenters. The van der Waals surface area contributed by atoms with Gasteiger partial charge >= 0.3 is 0 Å². The van der Waals surface area contributed by atoms with Crippen LogP contribution in [0.5, 0.6) is 0 Å². The van der Waals surface area contributed by atoms with Gasteiger partial charge in [0, 0.05) is 16.2 Å². The number of nitrogens with one attached hydrogen (secondary N) is 2. The molecule has 0 aromatic carbocycles. The molecule has 0 spiro atoms. The van der Waals surface area contributed by atoms with Gasteiger partial charge in [0.1, 0.15) is 5.82 Å². The lowest BCUT2D eigenvalue weighted by atomic mass is 9.83. The predicted molar refractivity (Wildman–Crippen MR) is 99.5 cm³/mol. The first-order valence-electron chi connectivity index (χ1n) is 8.75. The minimum atomic E-state index is -0.0718. The van der Waals surface area contributed by atoms with E-state index in [1.807, 2.05) is 13.8 Å². The molecule has 2 bridgehead atoms. The van der Waals surface area contributed by atoms with Crippen LogP contribution in [0.2, 0.25) is 0 Å². The first-order chi connectivity index (χ1) is 12.0. The third-order valence-corrected chi connectivity index (χ3v) is 6.53. The number of hydrogen-bond donors (Lipinski definition) is 2. The molecule has 3 saturated heterocycles. The number of piperidine rings is 3. The number of thioether (sulfide) groups is 1. The number of aryl methyl sites for hydroxylation is 2. The third kappa shape index (κ3) is 3.06. The highest BCUT2D eigenvalue weighted by Gasteiger charge is 2.36. The number of nitrogens with zero attached hydrogens (tertiary/aromatic N) is 3. The van der Waals surface area contributed by atoms with Crippen LogP contribution >= 0.6 is 11.8 Å².